The molecule has 0 radical (unpaired) electrons. The van der Waals surface area contributed by atoms with Gasteiger partial charge in [0.2, 0.25) is 0 Å². The summed E-state index contributed by atoms with van der Waals surface area (Å²) in [6.07, 6.45) is 12.6. The molecule has 0 aromatic heterocycles. The Morgan fingerprint density at radius 1 is 1.07 bits per heavy atom. The number of hydrogen-bond acceptors (Lipinski definition) is 3. The Kier molecular flexibility index (Phi) is 5.00. The van der Waals surface area contributed by atoms with Crippen molar-refractivity contribution in [2.45, 2.75) is 110 Å². The fourth-order valence-corrected chi connectivity index (χ4v) is 9.27. The van der Waals surface area contributed by atoms with Crippen LogP contribution in [0.1, 0.15) is 85.5 Å². The van der Waals surface area contributed by atoms with E-state index in [1.807, 2.05) is 0 Å². The van der Waals surface area contributed by atoms with Gasteiger partial charge in [-0.3, -0.25) is 0 Å². The molecular formula is C26H43NO2. The van der Waals surface area contributed by atoms with Crippen LogP contribution in [0.4, 0.5) is 0 Å². The summed E-state index contributed by atoms with van der Waals surface area (Å²) in [7, 11) is 0. The third kappa shape index (κ3) is 3.01. The van der Waals surface area contributed by atoms with Gasteiger partial charge in [-0.05, 0) is 105 Å². The zero-order valence-electron chi connectivity index (χ0n) is 19.0. The molecule has 0 aromatic rings. The van der Waals surface area contributed by atoms with Gasteiger partial charge >= 0.3 is 0 Å². The summed E-state index contributed by atoms with van der Waals surface area (Å²) >= 11 is 0. The second-order valence-corrected chi connectivity index (χ2v) is 12.1. The lowest BCUT2D eigenvalue weighted by Crippen LogP contribution is -2.52. The minimum absolute atomic E-state index is 0.125. The zero-order chi connectivity index (χ0) is 20.6. The molecule has 11 atom stereocenters. The lowest BCUT2D eigenvalue weighted by Gasteiger charge is -2.58. The van der Waals surface area contributed by atoms with Crippen LogP contribution >= 0.6 is 0 Å². The molecule has 5 rings (SSSR count). The van der Waals surface area contributed by atoms with Crippen LogP contribution in [-0.2, 0) is 0 Å². The van der Waals surface area contributed by atoms with Gasteiger partial charge in [0.25, 0.3) is 0 Å². The van der Waals surface area contributed by atoms with E-state index in [4.69, 9.17) is 0 Å². The van der Waals surface area contributed by atoms with Crippen LogP contribution in [0.2, 0.25) is 0 Å². The van der Waals surface area contributed by atoms with E-state index < -0.39 is 0 Å². The largest absolute Gasteiger partial charge is 0.393 e. The molecule has 164 valence electrons. The lowest BCUT2D eigenvalue weighted by molar-refractivity contribution is -0.0639. The van der Waals surface area contributed by atoms with E-state index >= 15 is 0 Å². The van der Waals surface area contributed by atoms with Crippen LogP contribution in [0.3, 0.4) is 0 Å². The number of nitrogens with one attached hydrogen (secondary N) is 1. The summed E-state index contributed by atoms with van der Waals surface area (Å²) in [6.45, 7) is 9.77. The third-order valence-electron chi connectivity index (χ3n) is 10.8. The minimum atomic E-state index is -0.136. The Balaban J connectivity index is 1.42. The van der Waals surface area contributed by atoms with E-state index in [0.717, 1.165) is 37.5 Å². The molecule has 4 aliphatic carbocycles. The number of fused-ring (bicyclic) bond motifs is 5. The first-order valence-electron chi connectivity index (χ1n) is 12.6. The molecule has 1 aliphatic heterocycles. The van der Waals surface area contributed by atoms with Gasteiger partial charge in [0.15, 0.2) is 0 Å². The summed E-state index contributed by atoms with van der Waals surface area (Å²) in [5.74, 6) is 3.11. The fraction of sp³-hybridized carbons (Fsp3) is 0.923. The molecule has 3 nitrogen and oxygen atoms in total. The van der Waals surface area contributed by atoms with Crippen LogP contribution in [0, 0.1) is 40.4 Å². The Morgan fingerprint density at radius 2 is 1.86 bits per heavy atom. The van der Waals surface area contributed by atoms with E-state index in [1.165, 1.54) is 32.1 Å². The summed E-state index contributed by atoms with van der Waals surface area (Å²) in [5.41, 5.74) is 2.12. The maximum absolute atomic E-state index is 11.3. The number of rotatable bonds is 2. The van der Waals surface area contributed by atoms with Crippen molar-refractivity contribution in [3.63, 3.8) is 0 Å². The van der Waals surface area contributed by atoms with Gasteiger partial charge in [-0.1, -0.05) is 32.4 Å². The van der Waals surface area contributed by atoms with E-state index in [9.17, 15) is 10.2 Å². The molecule has 3 saturated carbocycles. The molecule has 0 aromatic carbocycles. The zero-order valence-corrected chi connectivity index (χ0v) is 19.0. The molecule has 0 unspecified atom stereocenters. The average Bonchev–Trinajstić information content (AvgIpc) is 3.22. The first kappa shape index (κ1) is 20.5. The number of aliphatic hydroxyl groups excluding tert-OH is 2. The SMILES string of the molecule is C[C@H]([C@@H]1[C@H](O)C[C@@H]2[C@@H]3CC=C4C[C@@H](O)CC[C@]4(C)[C@@H]3CC[C@@]12C)[C@H]1CC[C@@H](C)N1. The Labute approximate surface area is 177 Å². The van der Waals surface area contributed by atoms with Crippen molar-refractivity contribution in [1.29, 1.82) is 0 Å². The highest BCUT2D eigenvalue weighted by atomic mass is 16.3. The van der Waals surface area contributed by atoms with Gasteiger partial charge in [-0.25, -0.2) is 0 Å². The third-order valence-corrected chi connectivity index (χ3v) is 10.8. The van der Waals surface area contributed by atoms with E-state index in [2.05, 4.69) is 39.1 Å². The fourth-order valence-electron chi connectivity index (χ4n) is 9.27. The molecule has 0 amide bonds. The second kappa shape index (κ2) is 7.07. The normalized spacial score (nSPS) is 55.6. The van der Waals surface area contributed by atoms with Crippen molar-refractivity contribution in [3.8, 4) is 0 Å². The molecule has 1 heterocycles. The molecule has 1 saturated heterocycles. The molecule has 3 N–H and O–H groups in total. The van der Waals surface area contributed by atoms with Crippen molar-refractivity contribution < 1.29 is 10.2 Å². The predicted octanol–water partition coefficient (Wildman–Crippen LogP) is 4.67. The molecular weight excluding hydrogens is 358 g/mol. The van der Waals surface area contributed by atoms with Gasteiger partial charge in [0.05, 0.1) is 12.2 Å². The molecule has 0 spiro atoms. The van der Waals surface area contributed by atoms with Crippen molar-refractivity contribution in [2.75, 3.05) is 0 Å². The maximum atomic E-state index is 11.3. The van der Waals surface area contributed by atoms with Crippen LogP contribution < -0.4 is 5.32 Å². The Morgan fingerprint density at radius 3 is 2.59 bits per heavy atom. The lowest BCUT2D eigenvalue weighted by atomic mass is 9.47. The van der Waals surface area contributed by atoms with E-state index in [1.54, 1.807) is 5.57 Å². The van der Waals surface area contributed by atoms with Gasteiger partial charge in [0.1, 0.15) is 0 Å². The number of hydrogen-bond donors (Lipinski definition) is 3. The number of allylic oxidation sites excluding steroid dienone is 1. The van der Waals surface area contributed by atoms with Crippen LogP contribution in [-0.4, -0.2) is 34.5 Å². The van der Waals surface area contributed by atoms with Crippen LogP contribution in [0.25, 0.3) is 0 Å². The summed E-state index contributed by atoms with van der Waals surface area (Å²) in [4.78, 5) is 0. The average molecular weight is 402 g/mol. The summed E-state index contributed by atoms with van der Waals surface area (Å²) < 4.78 is 0. The smallest absolute Gasteiger partial charge is 0.0579 e. The van der Waals surface area contributed by atoms with Crippen LogP contribution in [0.15, 0.2) is 11.6 Å². The highest BCUT2D eigenvalue weighted by Gasteiger charge is 2.62. The highest BCUT2D eigenvalue weighted by Crippen LogP contribution is 2.67. The standard InChI is InChI=1S/C26H43NO2/c1-15-5-8-22(27-15)16(2)24-23(29)14-21-19-7-6-17-13-18(28)9-11-25(17,3)20(19)10-12-26(21,24)4/h6,15-16,18-24,27-29H,5,7-14H2,1-4H3/t15-,16+,18+,19-,20-,21-,22-,23-,24-,25+,26-/m1/s1. The van der Waals surface area contributed by atoms with Crippen molar-refractivity contribution in [3.05, 3.63) is 11.6 Å². The van der Waals surface area contributed by atoms with Crippen LogP contribution in [0.5, 0.6) is 0 Å². The van der Waals surface area contributed by atoms with Gasteiger partial charge in [-0.15, -0.1) is 0 Å². The second-order valence-electron chi connectivity index (χ2n) is 12.1. The minimum Gasteiger partial charge on any atom is -0.393 e. The number of aliphatic hydroxyl groups is 2. The van der Waals surface area contributed by atoms with E-state index in [-0.39, 0.29) is 17.6 Å². The monoisotopic (exact) mass is 401 g/mol. The first-order valence-corrected chi connectivity index (χ1v) is 12.6. The van der Waals surface area contributed by atoms with Crippen molar-refractivity contribution in [2.24, 2.45) is 40.4 Å². The first-order chi connectivity index (χ1) is 13.7. The maximum Gasteiger partial charge on any atom is 0.0579 e. The van der Waals surface area contributed by atoms with Crippen molar-refractivity contribution >= 4 is 0 Å². The van der Waals surface area contributed by atoms with E-state index in [0.29, 0.717) is 35.3 Å². The Hall–Kier alpha value is -0.380. The van der Waals surface area contributed by atoms with Gasteiger partial charge in [-0.2, -0.15) is 0 Å². The van der Waals surface area contributed by atoms with Gasteiger partial charge < -0.3 is 15.5 Å². The molecule has 3 heteroatoms. The Bertz CT molecular complexity index is 676. The van der Waals surface area contributed by atoms with Gasteiger partial charge in [0, 0.05) is 12.1 Å². The summed E-state index contributed by atoms with van der Waals surface area (Å²) in [6, 6.07) is 1.21. The molecule has 5 aliphatic rings. The highest BCUT2D eigenvalue weighted by molar-refractivity contribution is 5.25. The molecule has 0 bridgehead atoms. The molecule has 29 heavy (non-hydrogen) atoms. The van der Waals surface area contributed by atoms with Crippen molar-refractivity contribution in [1.82, 2.24) is 5.32 Å². The summed E-state index contributed by atoms with van der Waals surface area (Å²) in [5, 5.41) is 25.4. The predicted molar refractivity (Wildman–Crippen MR) is 117 cm³/mol. The topological polar surface area (TPSA) is 52.5 Å². The quantitative estimate of drug-likeness (QED) is 0.589. The molecule has 4 fully saturated rings.